The Hall–Kier alpha value is -3.31. The number of methoxy groups -OCH3 is 2. The van der Waals surface area contributed by atoms with E-state index in [1.165, 1.54) is 11.1 Å². The second-order valence-electron chi connectivity index (χ2n) is 9.21. The number of amides is 1. The summed E-state index contributed by atoms with van der Waals surface area (Å²) in [4.78, 5) is 15.2. The highest BCUT2D eigenvalue weighted by Crippen LogP contribution is 2.29. The molecule has 0 saturated carbocycles. The molecule has 0 aliphatic carbocycles. The molecule has 0 spiro atoms. The van der Waals surface area contributed by atoms with Gasteiger partial charge in [0, 0.05) is 25.0 Å². The average molecular weight is 473 g/mol. The fourth-order valence-corrected chi connectivity index (χ4v) is 4.96. The van der Waals surface area contributed by atoms with E-state index >= 15 is 0 Å². The lowest BCUT2D eigenvalue weighted by atomic mass is 9.88. The predicted molar refractivity (Wildman–Crippen MR) is 140 cm³/mol. The van der Waals surface area contributed by atoms with Gasteiger partial charge in [-0.1, -0.05) is 66.7 Å². The van der Waals surface area contributed by atoms with E-state index < -0.39 is 0 Å². The number of hydrogen-bond acceptors (Lipinski definition) is 4. The zero-order valence-corrected chi connectivity index (χ0v) is 20.8. The van der Waals surface area contributed by atoms with Crippen LogP contribution in [-0.2, 0) is 11.2 Å². The van der Waals surface area contributed by atoms with Gasteiger partial charge < -0.3 is 19.7 Å². The van der Waals surface area contributed by atoms with Crippen LogP contribution in [0.2, 0.25) is 0 Å². The molecule has 5 heteroatoms. The van der Waals surface area contributed by atoms with Crippen LogP contribution in [0, 0.1) is 0 Å². The molecule has 3 aromatic rings. The number of carbonyl (C=O) groups is 1. The third kappa shape index (κ3) is 6.86. The molecular weight excluding hydrogens is 436 g/mol. The van der Waals surface area contributed by atoms with Crippen molar-refractivity contribution in [1.82, 2.24) is 10.2 Å². The predicted octanol–water partition coefficient (Wildman–Crippen LogP) is 5.05. The van der Waals surface area contributed by atoms with Gasteiger partial charge >= 0.3 is 0 Å². The van der Waals surface area contributed by atoms with Crippen LogP contribution < -0.4 is 14.8 Å². The van der Waals surface area contributed by atoms with E-state index in [2.05, 4.69) is 70.9 Å². The maximum Gasteiger partial charge on any atom is 0.224 e. The van der Waals surface area contributed by atoms with Crippen molar-refractivity contribution < 1.29 is 14.3 Å². The highest BCUT2D eigenvalue weighted by Gasteiger charge is 2.22. The van der Waals surface area contributed by atoms with E-state index in [1.807, 2.05) is 18.2 Å². The van der Waals surface area contributed by atoms with Crippen LogP contribution in [0.3, 0.4) is 0 Å². The highest BCUT2D eigenvalue weighted by atomic mass is 16.5. The third-order valence-electron chi connectivity index (χ3n) is 6.90. The number of hydrogen-bond donors (Lipinski definition) is 1. The fraction of sp³-hybridized carbons (Fsp3) is 0.367. The summed E-state index contributed by atoms with van der Waals surface area (Å²) in [5, 5.41) is 3.23. The number of carbonyl (C=O) groups excluding carboxylic acids is 1. The molecule has 0 aromatic heterocycles. The Kier molecular flexibility index (Phi) is 8.79. The molecule has 1 N–H and O–H groups in total. The van der Waals surface area contributed by atoms with Gasteiger partial charge in [0.2, 0.25) is 5.91 Å². The number of benzene rings is 3. The molecule has 0 atom stereocenters. The maximum absolute atomic E-state index is 12.6. The molecule has 1 heterocycles. The van der Waals surface area contributed by atoms with Gasteiger partial charge in [-0.05, 0) is 54.6 Å². The van der Waals surface area contributed by atoms with Gasteiger partial charge in [0.15, 0.2) is 11.5 Å². The Morgan fingerprint density at radius 2 is 1.49 bits per heavy atom. The third-order valence-corrected chi connectivity index (χ3v) is 6.90. The highest BCUT2D eigenvalue weighted by molar-refractivity contribution is 5.79. The lowest BCUT2D eigenvalue weighted by Crippen LogP contribution is -2.45. The molecule has 3 aromatic carbocycles. The monoisotopic (exact) mass is 472 g/mol. The average Bonchev–Trinajstić information content (AvgIpc) is 2.91. The topological polar surface area (TPSA) is 50.8 Å². The molecule has 0 radical (unpaired) electrons. The van der Waals surface area contributed by atoms with E-state index in [1.54, 1.807) is 14.2 Å². The zero-order chi connectivity index (χ0) is 24.5. The fourth-order valence-electron chi connectivity index (χ4n) is 4.96. The summed E-state index contributed by atoms with van der Waals surface area (Å²) in [5.41, 5.74) is 3.66. The quantitative estimate of drug-likeness (QED) is 0.449. The number of likely N-dealkylation sites (tertiary alicyclic amines) is 1. The van der Waals surface area contributed by atoms with Gasteiger partial charge in [-0.25, -0.2) is 0 Å². The van der Waals surface area contributed by atoms with Gasteiger partial charge in [0.1, 0.15) is 0 Å². The lowest BCUT2D eigenvalue weighted by molar-refractivity contribution is -0.121. The van der Waals surface area contributed by atoms with Crippen molar-refractivity contribution in [1.29, 1.82) is 0 Å². The van der Waals surface area contributed by atoms with Gasteiger partial charge in [0.25, 0.3) is 0 Å². The van der Waals surface area contributed by atoms with Gasteiger partial charge in [-0.3, -0.25) is 4.79 Å². The van der Waals surface area contributed by atoms with Crippen molar-refractivity contribution in [2.45, 2.75) is 37.6 Å². The van der Waals surface area contributed by atoms with Gasteiger partial charge in [-0.2, -0.15) is 0 Å². The smallest absolute Gasteiger partial charge is 0.224 e. The summed E-state index contributed by atoms with van der Waals surface area (Å²) in [5.74, 6) is 1.78. The second-order valence-corrected chi connectivity index (χ2v) is 9.21. The van der Waals surface area contributed by atoms with Gasteiger partial charge in [0.05, 0.1) is 20.6 Å². The van der Waals surface area contributed by atoms with Crippen molar-refractivity contribution in [3.05, 3.63) is 95.6 Å². The first-order valence-corrected chi connectivity index (χ1v) is 12.5. The molecule has 0 unspecified atom stereocenters. The largest absolute Gasteiger partial charge is 0.493 e. The molecular formula is C30H36N2O3. The van der Waals surface area contributed by atoms with Crippen LogP contribution in [0.5, 0.6) is 11.5 Å². The number of rotatable bonds is 10. The van der Waals surface area contributed by atoms with Crippen LogP contribution in [0.25, 0.3) is 0 Å². The van der Waals surface area contributed by atoms with Crippen molar-refractivity contribution in [3.8, 4) is 11.5 Å². The summed E-state index contributed by atoms with van der Waals surface area (Å²) in [6.45, 7) is 3.08. The Balaban J connectivity index is 1.26. The van der Waals surface area contributed by atoms with Crippen LogP contribution in [0.4, 0.5) is 0 Å². The van der Waals surface area contributed by atoms with Crippen molar-refractivity contribution >= 4 is 5.91 Å². The van der Waals surface area contributed by atoms with E-state index in [9.17, 15) is 4.79 Å². The molecule has 5 nitrogen and oxygen atoms in total. The van der Waals surface area contributed by atoms with Crippen LogP contribution in [-0.4, -0.2) is 50.7 Å². The molecule has 1 amide bonds. The maximum atomic E-state index is 12.6. The number of nitrogens with zero attached hydrogens (tertiary/aromatic N) is 1. The summed E-state index contributed by atoms with van der Waals surface area (Å²) in [6.07, 6.45) is 3.40. The van der Waals surface area contributed by atoms with E-state index in [-0.39, 0.29) is 11.9 Å². The SMILES string of the molecule is COc1ccc(CC(=O)NC2CCN(CCC(c3ccccc3)c3ccccc3)CC2)cc1OC. The van der Waals surface area contributed by atoms with Gasteiger partial charge in [-0.15, -0.1) is 0 Å². The molecule has 1 aliphatic heterocycles. The molecule has 1 fully saturated rings. The minimum atomic E-state index is 0.0592. The molecule has 184 valence electrons. The summed E-state index contributed by atoms with van der Waals surface area (Å²) >= 11 is 0. The van der Waals surface area contributed by atoms with Crippen molar-refractivity contribution in [2.75, 3.05) is 33.9 Å². The van der Waals surface area contributed by atoms with E-state index in [4.69, 9.17) is 9.47 Å². The van der Waals surface area contributed by atoms with Crippen LogP contribution in [0.1, 0.15) is 41.9 Å². The zero-order valence-electron chi connectivity index (χ0n) is 20.8. The standard InChI is InChI=1S/C30H36N2O3/c1-34-28-14-13-23(21-29(28)35-2)22-30(33)31-26-15-18-32(19-16-26)20-17-27(24-9-5-3-6-10-24)25-11-7-4-8-12-25/h3-14,21,26-27H,15-20,22H2,1-2H3,(H,31,33). The first-order chi connectivity index (χ1) is 17.2. The first kappa shape index (κ1) is 24.8. The number of piperidine rings is 1. The Bertz CT molecular complexity index is 1020. The van der Waals surface area contributed by atoms with Crippen molar-refractivity contribution in [3.63, 3.8) is 0 Å². The first-order valence-electron chi connectivity index (χ1n) is 12.5. The molecule has 4 rings (SSSR count). The second kappa shape index (κ2) is 12.4. The molecule has 1 aliphatic rings. The summed E-state index contributed by atoms with van der Waals surface area (Å²) in [7, 11) is 3.22. The molecule has 0 bridgehead atoms. The number of nitrogens with one attached hydrogen (secondary N) is 1. The Morgan fingerprint density at radius 1 is 0.886 bits per heavy atom. The number of ether oxygens (including phenoxy) is 2. The Morgan fingerprint density at radius 3 is 2.06 bits per heavy atom. The van der Waals surface area contributed by atoms with Crippen molar-refractivity contribution in [2.24, 2.45) is 0 Å². The molecule has 35 heavy (non-hydrogen) atoms. The lowest BCUT2D eigenvalue weighted by Gasteiger charge is -2.33. The minimum Gasteiger partial charge on any atom is -0.493 e. The van der Waals surface area contributed by atoms with E-state index in [0.717, 1.165) is 44.5 Å². The minimum absolute atomic E-state index is 0.0592. The van der Waals surface area contributed by atoms with Crippen LogP contribution in [0.15, 0.2) is 78.9 Å². The van der Waals surface area contributed by atoms with E-state index in [0.29, 0.717) is 23.8 Å². The molecule has 1 saturated heterocycles. The normalized spacial score (nSPS) is 14.6. The van der Waals surface area contributed by atoms with Crippen LogP contribution >= 0.6 is 0 Å². The Labute approximate surface area is 209 Å². The summed E-state index contributed by atoms with van der Waals surface area (Å²) < 4.78 is 10.6. The summed E-state index contributed by atoms with van der Waals surface area (Å²) in [6, 6.07) is 27.5.